The quantitative estimate of drug-likeness (QED) is 0.648. The molecule has 1 N–H and O–H groups in total. The van der Waals surface area contributed by atoms with Crippen molar-refractivity contribution in [3.05, 3.63) is 59.1 Å². The number of ether oxygens (including phenoxy) is 1. The van der Waals surface area contributed by atoms with Gasteiger partial charge in [0.05, 0.1) is 24.3 Å². The normalized spacial score (nSPS) is 11.6. The molecular weight excluding hydrogens is 396 g/mol. The molecule has 0 bridgehead atoms. The number of fused-ring (bicyclic) bond motifs is 1. The number of benzene rings is 2. The number of nitrogens with one attached hydrogen (secondary N) is 1. The van der Waals surface area contributed by atoms with Crippen molar-refractivity contribution in [2.75, 3.05) is 26.5 Å². The predicted octanol–water partition coefficient (Wildman–Crippen LogP) is 1.29. The number of carbonyl (C=O) groups is 1. The summed E-state index contributed by atoms with van der Waals surface area (Å²) in [5.41, 5.74) is 0.470. The number of anilines is 1. The Kier molecular flexibility index (Phi) is 5.66. The Labute approximate surface area is 167 Å². The van der Waals surface area contributed by atoms with Gasteiger partial charge < -0.3 is 10.1 Å². The average Bonchev–Trinajstić information content (AvgIpc) is 2.70. The maximum Gasteiger partial charge on any atom is 0.261 e. The number of hydrogen-bond donors (Lipinski definition) is 1. The molecule has 2 aromatic carbocycles. The maximum absolute atomic E-state index is 12.5. The fourth-order valence-electron chi connectivity index (χ4n) is 2.73. The van der Waals surface area contributed by atoms with Crippen LogP contribution in [0.5, 0.6) is 5.75 Å². The van der Waals surface area contributed by atoms with E-state index in [-0.39, 0.29) is 28.4 Å². The van der Waals surface area contributed by atoms with Gasteiger partial charge in [-0.05, 0) is 30.3 Å². The van der Waals surface area contributed by atoms with Crippen molar-refractivity contribution in [2.24, 2.45) is 0 Å². The van der Waals surface area contributed by atoms with E-state index in [9.17, 15) is 18.0 Å². The summed E-state index contributed by atoms with van der Waals surface area (Å²) >= 11 is 0. The number of nitrogens with zero attached hydrogens (tertiary/aromatic N) is 3. The van der Waals surface area contributed by atoms with Gasteiger partial charge in [0.25, 0.3) is 5.56 Å². The first-order valence-electron chi connectivity index (χ1n) is 8.58. The van der Waals surface area contributed by atoms with Crippen LogP contribution in [0.3, 0.4) is 0 Å². The van der Waals surface area contributed by atoms with Gasteiger partial charge in [0.1, 0.15) is 17.2 Å². The van der Waals surface area contributed by atoms with E-state index in [2.05, 4.69) is 10.3 Å². The molecule has 0 aliphatic heterocycles. The molecule has 9 nitrogen and oxygen atoms in total. The van der Waals surface area contributed by atoms with Gasteiger partial charge >= 0.3 is 0 Å². The molecule has 1 amide bonds. The number of para-hydroxylation sites is 1. The van der Waals surface area contributed by atoms with Gasteiger partial charge in [0.2, 0.25) is 15.9 Å². The Balaban J connectivity index is 1.86. The molecule has 1 heterocycles. The summed E-state index contributed by atoms with van der Waals surface area (Å²) in [6.07, 6.45) is 1.31. The molecule has 1 aromatic heterocycles. The van der Waals surface area contributed by atoms with Crippen molar-refractivity contribution in [3.8, 4) is 5.75 Å². The minimum absolute atomic E-state index is 0.0765. The summed E-state index contributed by atoms with van der Waals surface area (Å²) in [4.78, 5) is 29.0. The number of methoxy groups -OCH3 is 1. The summed E-state index contributed by atoms with van der Waals surface area (Å²) in [5, 5.41) is 3.01. The van der Waals surface area contributed by atoms with Crippen LogP contribution in [0.2, 0.25) is 0 Å². The van der Waals surface area contributed by atoms with Crippen molar-refractivity contribution >= 4 is 32.5 Å². The Morgan fingerprint density at radius 2 is 1.93 bits per heavy atom. The van der Waals surface area contributed by atoms with Crippen LogP contribution in [0.25, 0.3) is 10.9 Å². The molecule has 0 aliphatic rings. The number of aromatic nitrogens is 2. The Bertz CT molecular complexity index is 1230. The molecule has 152 valence electrons. The minimum atomic E-state index is -3.78. The fourth-order valence-corrected chi connectivity index (χ4v) is 3.80. The van der Waals surface area contributed by atoms with E-state index in [1.54, 1.807) is 24.3 Å². The molecule has 0 radical (unpaired) electrons. The zero-order valence-corrected chi connectivity index (χ0v) is 16.9. The van der Waals surface area contributed by atoms with Crippen molar-refractivity contribution in [3.63, 3.8) is 0 Å². The molecule has 29 heavy (non-hydrogen) atoms. The molecule has 10 heteroatoms. The van der Waals surface area contributed by atoms with Crippen molar-refractivity contribution in [1.29, 1.82) is 0 Å². The molecule has 3 rings (SSSR count). The number of hydrogen-bond acceptors (Lipinski definition) is 6. The lowest BCUT2D eigenvalue weighted by Crippen LogP contribution is -2.28. The smallest absolute Gasteiger partial charge is 0.261 e. The molecule has 0 saturated heterocycles. The Morgan fingerprint density at radius 1 is 1.21 bits per heavy atom. The van der Waals surface area contributed by atoms with Crippen LogP contribution in [0.1, 0.15) is 0 Å². The lowest BCUT2D eigenvalue weighted by Gasteiger charge is -2.16. The maximum atomic E-state index is 12.5. The van der Waals surface area contributed by atoms with Crippen LogP contribution in [-0.2, 0) is 21.4 Å². The van der Waals surface area contributed by atoms with E-state index in [0.717, 1.165) is 4.31 Å². The fraction of sp³-hybridized carbons (Fsp3) is 0.211. The topological polar surface area (TPSA) is 111 Å². The SMILES string of the molecule is COc1ccc(NC(=O)Cn2cnc3ccccc3c2=O)cc1S(=O)(=O)N(C)C. The van der Waals surface area contributed by atoms with Crippen LogP contribution in [0, 0.1) is 0 Å². The van der Waals surface area contributed by atoms with E-state index in [1.807, 2.05) is 0 Å². The number of amides is 1. The van der Waals surface area contributed by atoms with Crippen molar-refractivity contribution in [1.82, 2.24) is 13.9 Å². The van der Waals surface area contributed by atoms with Gasteiger partial charge in [-0.25, -0.2) is 17.7 Å². The van der Waals surface area contributed by atoms with E-state index in [0.29, 0.717) is 10.9 Å². The predicted molar refractivity (Wildman–Crippen MR) is 108 cm³/mol. The van der Waals surface area contributed by atoms with Gasteiger partial charge in [-0.3, -0.25) is 14.2 Å². The molecule has 0 saturated carbocycles. The molecule has 0 spiro atoms. The standard InChI is InChI=1S/C19H20N4O5S/c1-22(2)29(26,27)17-10-13(8-9-16(17)28-3)21-18(24)11-23-12-20-15-7-5-4-6-14(15)19(23)25/h4-10,12H,11H2,1-3H3,(H,21,24). The third-order valence-electron chi connectivity index (χ3n) is 4.25. The summed E-state index contributed by atoms with van der Waals surface area (Å²) in [7, 11) is 0.390. The lowest BCUT2D eigenvalue weighted by molar-refractivity contribution is -0.116. The second-order valence-electron chi connectivity index (χ2n) is 6.40. The minimum Gasteiger partial charge on any atom is -0.495 e. The van der Waals surface area contributed by atoms with Gasteiger partial charge in [0, 0.05) is 19.8 Å². The summed E-state index contributed by atoms with van der Waals surface area (Å²) in [6, 6.07) is 11.1. The monoisotopic (exact) mass is 416 g/mol. The second kappa shape index (κ2) is 8.02. The highest BCUT2D eigenvalue weighted by Crippen LogP contribution is 2.28. The zero-order chi connectivity index (χ0) is 21.2. The Morgan fingerprint density at radius 3 is 2.62 bits per heavy atom. The summed E-state index contributed by atoms with van der Waals surface area (Å²) < 4.78 is 32.3. The van der Waals surface area contributed by atoms with Gasteiger partial charge in [-0.2, -0.15) is 0 Å². The number of sulfonamides is 1. The van der Waals surface area contributed by atoms with Crippen molar-refractivity contribution in [2.45, 2.75) is 11.4 Å². The first-order chi connectivity index (χ1) is 13.7. The third-order valence-corrected chi connectivity index (χ3v) is 6.09. The highest BCUT2D eigenvalue weighted by Gasteiger charge is 2.23. The van der Waals surface area contributed by atoms with Crippen LogP contribution in [-0.4, -0.2) is 49.4 Å². The van der Waals surface area contributed by atoms with E-state index >= 15 is 0 Å². The zero-order valence-electron chi connectivity index (χ0n) is 16.1. The second-order valence-corrected chi connectivity index (χ2v) is 8.52. The van der Waals surface area contributed by atoms with Crippen molar-refractivity contribution < 1.29 is 17.9 Å². The molecule has 3 aromatic rings. The van der Waals surface area contributed by atoms with Gasteiger partial charge in [-0.15, -0.1) is 0 Å². The Hall–Kier alpha value is -3.24. The first kappa shape index (κ1) is 20.5. The van der Waals surface area contributed by atoms with Crippen LogP contribution in [0.15, 0.2) is 58.5 Å². The first-order valence-corrected chi connectivity index (χ1v) is 10.0. The number of rotatable bonds is 6. The van der Waals surface area contributed by atoms with Crippen LogP contribution < -0.4 is 15.6 Å². The van der Waals surface area contributed by atoms with Crippen LogP contribution in [0.4, 0.5) is 5.69 Å². The molecule has 0 aliphatic carbocycles. The van der Waals surface area contributed by atoms with E-state index < -0.39 is 15.9 Å². The highest BCUT2D eigenvalue weighted by molar-refractivity contribution is 7.89. The average molecular weight is 416 g/mol. The largest absolute Gasteiger partial charge is 0.495 e. The summed E-state index contributed by atoms with van der Waals surface area (Å²) in [5.74, 6) is -0.339. The van der Waals surface area contributed by atoms with E-state index in [4.69, 9.17) is 4.74 Å². The molecular formula is C19H20N4O5S. The number of carbonyl (C=O) groups excluding carboxylic acids is 1. The van der Waals surface area contributed by atoms with Gasteiger partial charge in [0.15, 0.2) is 0 Å². The lowest BCUT2D eigenvalue weighted by atomic mass is 10.2. The molecule has 0 unspecified atom stereocenters. The highest BCUT2D eigenvalue weighted by atomic mass is 32.2. The molecule has 0 atom stereocenters. The molecule has 0 fully saturated rings. The van der Waals surface area contributed by atoms with Gasteiger partial charge in [-0.1, -0.05) is 12.1 Å². The van der Waals surface area contributed by atoms with Crippen LogP contribution >= 0.6 is 0 Å². The third kappa shape index (κ3) is 4.13. The van der Waals surface area contributed by atoms with E-state index in [1.165, 1.54) is 50.3 Å². The summed E-state index contributed by atoms with van der Waals surface area (Å²) in [6.45, 7) is -0.265.